The number of hydrogen-bond acceptors (Lipinski definition) is 7. The van der Waals surface area contributed by atoms with Crippen LogP contribution < -0.4 is 20.7 Å². The Labute approximate surface area is 296 Å². The van der Waals surface area contributed by atoms with Crippen molar-refractivity contribution >= 4 is 67.9 Å². The Morgan fingerprint density at radius 1 is 0.860 bits per heavy atom. The van der Waals surface area contributed by atoms with Gasteiger partial charge < -0.3 is 20.7 Å². The van der Waals surface area contributed by atoms with E-state index in [4.69, 9.17) is 4.74 Å². The van der Waals surface area contributed by atoms with Crippen LogP contribution in [0, 0.1) is 5.82 Å². The summed E-state index contributed by atoms with van der Waals surface area (Å²) in [5.74, 6) is -1.25. The van der Waals surface area contributed by atoms with Gasteiger partial charge in [0.1, 0.15) is 22.5 Å². The molecule has 0 fully saturated rings. The fourth-order valence-corrected chi connectivity index (χ4v) is 6.94. The Morgan fingerprint density at radius 2 is 1.60 bits per heavy atom. The van der Waals surface area contributed by atoms with E-state index in [0.717, 1.165) is 21.5 Å². The van der Waals surface area contributed by atoms with Crippen LogP contribution in [0.2, 0.25) is 0 Å². The molecule has 6 aromatic rings. The number of benzene rings is 5. The molecule has 3 amide bonds. The summed E-state index contributed by atoms with van der Waals surface area (Å²) < 4.78 is 21.1. The van der Waals surface area contributed by atoms with Crippen molar-refractivity contribution < 1.29 is 23.5 Å². The first-order valence-corrected chi connectivity index (χ1v) is 17.4. The van der Waals surface area contributed by atoms with Crippen LogP contribution in [0.15, 0.2) is 138 Å². The number of ether oxygens (including phenoxy) is 1. The molecule has 1 unspecified atom stereocenters. The molecule has 50 heavy (non-hydrogen) atoms. The quantitative estimate of drug-likeness (QED) is 0.0870. The number of fused-ring (bicyclic) bond motifs is 1. The third kappa shape index (κ3) is 8.62. The largest absolute Gasteiger partial charge is 0.494 e. The Kier molecular flexibility index (Phi) is 11.0. The lowest BCUT2D eigenvalue weighted by Crippen LogP contribution is -2.30. The minimum absolute atomic E-state index is 0.134. The van der Waals surface area contributed by atoms with Crippen molar-refractivity contribution in [2.45, 2.75) is 17.1 Å². The fraction of sp³-hybridized carbons (Fsp3) is 0.0769. The molecular formula is C39H31FN4O4S2. The molecule has 0 saturated carbocycles. The van der Waals surface area contributed by atoms with Crippen LogP contribution in [-0.4, -0.2) is 29.3 Å². The number of amides is 3. The maximum absolute atomic E-state index is 14.6. The highest BCUT2D eigenvalue weighted by Gasteiger charge is 2.24. The van der Waals surface area contributed by atoms with Crippen molar-refractivity contribution in [2.24, 2.45) is 0 Å². The first kappa shape index (κ1) is 34.1. The van der Waals surface area contributed by atoms with E-state index < -0.39 is 22.9 Å². The molecule has 0 radical (unpaired) electrons. The maximum atomic E-state index is 14.6. The summed E-state index contributed by atoms with van der Waals surface area (Å²) in [4.78, 5) is 45.7. The van der Waals surface area contributed by atoms with Crippen molar-refractivity contribution in [3.63, 3.8) is 0 Å². The summed E-state index contributed by atoms with van der Waals surface area (Å²) in [7, 11) is 0. The number of carbonyl (C=O) groups excluding carboxylic acids is 3. The summed E-state index contributed by atoms with van der Waals surface area (Å²) in [6.07, 6.45) is 1.29. The smallest absolute Gasteiger partial charge is 0.272 e. The van der Waals surface area contributed by atoms with E-state index >= 15 is 0 Å². The molecule has 3 N–H and O–H groups in total. The normalized spacial score (nSPS) is 11.8. The van der Waals surface area contributed by atoms with Gasteiger partial charge in [0.05, 0.1) is 16.8 Å². The predicted octanol–water partition coefficient (Wildman–Crippen LogP) is 8.72. The molecule has 1 atom stereocenters. The SMILES string of the molecule is CCOc1ccc2nc(NC(=O)C(Sc3cccc(NC(=O)/C(=C/c4ccccc4F)NC(=O)c4ccccc4)c3)c3ccccc3)sc2c1. The highest BCUT2D eigenvalue weighted by molar-refractivity contribution is 8.00. The van der Waals surface area contributed by atoms with Crippen LogP contribution in [-0.2, 0) is 9.59 Å². The molecular weight excluding hydrogens is 672 g/mol. The molecule has 0 aliphatic heterocycles. The Morgan fingerprint density at radius 3 is 2.36 bits per heavy atom. The first-order valence-electron chi connectivity index (χ1n) is 15.7. The second kappa shape index (κ2) is 16.1. The summed E-state index contributed by atoms with van der Waals surface area (Å²) in [5.41, 5.74) is 2.27. The molecule has 5 aromatic carbocycles. The second-order valence-electron chi connectivity index (χ2n) is 10.9. The van der Waals surface area contributed by atoms with Gasteiger partial charge in [0, 0.05) is 21.7 Å². The van der Waals surface area contributed by atoms with Crippen LogP contribution in [0.5, 0.6) is 5.75 Å². The van der Waals surface area contributed by atoms with Gasteiger partial charge in [-0.3, -0.25) is 14.4 Å². The summed E-state index contributed by atoms with van der Waals surface area (Å²) in [6.45, 7) is 2.47. The molecule has 0 aliphatic rings. The molecule has 250 valence electrons. The highest BCUT2D eigenvalue weighted by Crippen LogP contribution is 2.38. The number of nitrogens with zero attached hydrogens (tertiary/aromatic N) is 1. The molecule has 11 heteroatoms. The molecule has 6 rings (SSSR count). The number of hydrogen-bond donors (Lipinski definition) is 3. The summed E-state index contributed by atoms with van der Waals surface area (Å²) >= 11 is 2.67. The third-order valence-corrected chi connectivity index (χ3v) is 9.50. The third-order valence-electron chi connectivity index (χ3n) is 7.32. The van der Waals surface area contributed by atoms with Gasteiger partial charge in [-0.05, 0) is 73.2 Å². The zero-order valence-corrected chi connectivity index (χ0v) is 28.4. The number of rotatable bonds is 12. The first-order chi connectivity index (χ1) is 24.4. The standard InChI is InChI=1S/C39H31FN4O4S2/c1-2-48-29-20-21-32-34(24-29)50-39(43-32)44-38(47)35(25-12-5-3-6-13-25)49-30-18-11-17-28(23-30)41-37(46)33(22-27-16-9-10-19-31(27)40)42-36(45)26-14-7-4-8-15-26/h3-24,35H,2H2,1H3,(H,41,46)(H,42,45)(H,43,44,47)/b33-22-. The minimum atomic E-state index is -0.658. The Hall–Kier alpha value is -5.78. The van der Waals surface area contributed by atoms with Gasteiger partial charge in [0.25, 0.3) is 11.8 Å². The predicted molar refractivity (Wildman–Crippen MR) is 198 cm³/mol. The topological polar surface area (TPSA) is 109 Å². The number of anilines is 2. The number of carbonyl (C=O) groups is 3. The van der Waals surface area contributed by atoms with Gasteiger partial charge >= 0.3 is 0 Å². The van der Waals surface area contributed by atoms with E-state index in [1.165, 1.54) is 41.3 Å². The van der Waals surface area contributed by atoms with Crippen molar-refractivity contribution in [1.29, 1.82) is 0 Å². The lowest BCUT2D eigenvalue weighted by Gasteiger charge is -2.17. The van der Waals surface area contributed by atoms with Crippen LogP contribution in [0.4, 0.5) is 15.2 Å². The van der Waals surface area contributed by atoms with Gasteiger partial charge in [-0.15, -0.1) is 11.8 Å². The number of aromatic nitrogens is 1. The molecule has 0 spiro atoms. The maximum Gasteiger partial charge on any atom is 0.272 e. The number of thiazole rings is 1. The molecule has 1 aromatic heterocycles. The zero-order valence-electron chi connectivity index (χ0n) is 26.8. The Balaban J connectivity index is 1.22. The van der Waals surface area contributed by atoms with E-state index in [2.05, 4.69) is 20.9 Å². The van der Waals surface area contributed by atoms with Crippen molar-refractivity contribution in [3.05, 3.63) is 156 Å². The summed E-state index contributed by atoms with van der Waals surface area (Å²) in [6, 6.07) is 36.4. The van der Waals surface area contributed by atoms with Gasteiger partial charge in [0.2, 0.25) is 5.91 Å². The lowest BCUT2D eigenvalue weighted by molar-refractivity contribution is -0.116. The van der Waals surface area contributed by atoms with Gasteiger partial charge in [-0.2, -0.15) is 0 Å². The Bertz CT molecular complexity index is 2170. The van der Waals surface area contributed by atoms with E-state index in [0.29, 0.717) is 27.9 Å². The number of halogens is 1. The van der Waals surface area contributed by atoms with Crippen LogP contribution in [0.25, 0.3) is 16.3 Å². The minimum Gasteiger partial charge on any atom is -0.494 e. The molecule has 0 saturated heterocycles. The molecule has 8 nitrogen and oxygen atoms in total. The van der Waals surface area contributed by atoms with Crippen LogP contribution in [0.3, 0.4) is 0 Å². The molecule has 0 bridgehead atoms. The van der Waals surface area contributed by atoms with Gasteiger partial charge in [0.15, 0.2) is 5.13 Å². The average Bonchev–Trinajstić information content (AvgIpc) is 3.53. The van der Waals surface area contributed by atoms with Crippen LogP contribution >= 0.6 is 23.1 Å². The van der Waals surface area contributed by atoms with E-state index in [9.17, 15) is 18.8 Å². The second-order valence-corrected chi connectivity index (χ2v) is 13.1. The average molecular weight is 703 g/mol. The lowest BCUT2D eigenvalue weighted by atomic mass is 10.1. The van der Waals surface area contributed by atoms with Gasteiger partial charge in [-0.1, -0.05) is 84.1 Å². The van der Waals surface area contributed by atoms with E-state index in [-0.39, 0.29) is 17.2 Å². The van der Waals surface area contributed by atoms with Crippen LogP contribution in [0.1, 0.15) is 33.7 Å². The van der Waals surface area contributed by atoms with E-state index in [1.54, 1.807) is 60.7 Å². The van der Waals surface area contributed by atoms with E-state index in [1.807, 2.05) is 61.5 Å². The fourth-order valence-electron chi connectivity index (χ4n) is 4.96. The number of thioether (sulfide) groups is 1. The summed E-state index contributed by atoms with van der Waals surface area (Å²) in [5, 5.41) is 8.23. The highest BCUT2D eigenvalue weighted by atomic mass is 32.2. The molecule has 1 heterocycles. The number of nitrogens with one attached hydrogen (secondary N) is 3. The monoisotopic (exact) mass is 702 g/mol. The molecule has 0 aliphatic carbocycles. The zero-order chi connectivity index (χ0) is 34.9. The van der Waals surface area contributed by atoms with Crippen molar-refractivity contribution in [2.75, 3.05) is 17.2 Å². The van der Waals surface area contributed by atoms with Crippen molar-refractivity contribution in [3.8, 4) is 5.75 Å². The van der Waals surface area contributed by atoms with Crippen molar-refractivity contribution in [1.82, 2.24) is 10.3 Å². The van der Waals surface area contributed by atoms with Gasteiger partial charge in [-0.25, -0.2) is 9.37 Å².